The fourth-order valence-corrected chi connectivity index (χ4v) is 1.94. The predicted molar refractivity (Wildman–Crippen MR) is 84.7 cm³/mol. The van der Waals surface area contributed by atoms with Gasteiger partial charge >= 0.3 is 0 Å². The van der Waals surface area contributed by atoms with Gasteiger partial charge in [0.05, 0.1) is 5.02 Å². The second-order valence-corrected chi connectivity index (χ2v) is 4.99. The number of hydrogen-bond donors (Lipinski definition) is 1. The standard InChI is InChI=1S/C15H13ClFNO2S/c16-12-5-2-6-13(14(12)17)20-8-7-19-11-4-1-3-10(9-11)15(18)21/h1-6,9H,7-8H2,(H2,18,21). The van der Waals surface area contributed by atoms with Crippen LogP contribution < -0.4 is 15.2 Å². The quantitative estimate of drug-likeness (QED) is 0.651. The highest BCUT2D eigenvalue weighted by Crippen LogP contribution is 2.24. The molecule has 6 heteroatoms. The lowest BCUT2D eigenvalue weighted by atomic mass is 10.2. The van der Waals surface area contributed by atoms with Crippen LogP contribution in [0.25, 0.3) is 0 Å². The predicted octanol–water partition coefficient (Wildman–Crippen LogP) is 3.57. The molecule has 0 saturated heterocycles. The highest BCUT2D eigenvalue weighted by molar-refractivity contribution is 7.80. The van der Waals surface area contributed by atoms with E-state index in [2.05, 4.69) is 0 Å². The Morgan fingerprint density at radius 2 is 1.86 bits per heavy atom. The van der Waals surface area contributed by atoms with Crippen LogP contribution in [-0.2, 0) is 0 Å². The van der Waals surface area contributed by atoms with E-state index in [-0.39, 0.29) is 24.0 Å². The number of benzene rings is 2. The summed E-state index contributed by atoms with van der Waals surface area (Å²) in [6.07, 6.45) is 0. The molecule has 0 atom stereocenters. The minimum absolute atomic E-state index is 0.0255. The smallest absolute Gasteiger partial charge is 0.183 e. The second-order valence-electron chi connectivity index (χ2n) is 4.14. The molecule has 2 aromatic carbocycles. The van der Waals surface area contributed by atoms with Gasteiger partial charge in [0.25, 0.3) is 0 Å². The molecule has 2 rings (SSSR count). The van der Waals surface area contributed by atoms with E-state index < -0.39 is 5.82 Å². The van der Waals surface area contributed by atoms with Crippen LogP contribution in [0.15, 0.2) is 42.5 Å². The van der Waals surface area contributed by atoms with E-state index >= 15 is 0 Å². The van der Waals surface area contributed by atoms with Crippen molar-refractivity contribution in [2.75, 3.05) is 13.2 Å². The Morgan fingerprint density at radius 1 is 1.14 bits per heavy atom. The van der Waals surface area contributed by atoms with Gasteiger partial charge in [-0.3, -0.25) is 0 Å². The van der Waals surface area contributed by atoms with E-state index in [0.717, 1.165) is 5.56 Å². The first kappa shape index (κ1) is 15.5. The minimum Gasteiger partial charge on any atom is -0.490 e. The van der Waals surface area contributed by atoms with Crippen LogP contribution in [-0.4, -0.2) is 18.2 Å². The van der Waals surface area contributed by atoms with Gasteiger partial charge in [0.15, 0.2) is 11.6 Å². The third-order valence-corrected chi connectivity index (χ3v) is 3.17. The Morgan fingerprint density at radius 3 is 2.62 bits per heavy atom. The molecule has 0 aliphatic carbocycles. The molecule has 0 radical (unpaired) electrons. The van der Waals surface area contributed by atoms with Gasteiger partial charge < -0.3 is 15.2 Å². The summed E-state index contributed by atoms with van der Waals surface area (Å²) in [5.41, 5.74) is 6.27. The number of nitrogens with two attached hydrogens (primary N) is 1. The Hall–Kier alpha value is -1.85. The van der Waals surface area contributed by atoms with Crippen molar-refractivity contribution in [1.29, 1.82) is 0 Å². The molecule has 0 aliphatic rings. The topological polar surface area (TPSA) is 44.5 Å². The van der Waals surface area contributed by atoms with Gasteiger partial charge in [-0.25, -0.2) is 4.39 Å². The largest absolute Gasteiger partial charge is 0.490 e. The first-order valence-corrected chi connectivity index (χ1v) is 6.96. The maximum absolute atomic E-state index is 13.6. The van der Waals surface area contributed by atoms with Crippen molar-refractivity contribution in [1.82, 2.24) is 0 Å². The van der Waals surface area contributed by atoms with Gasteiger partial charge in [-0.2, -0.15) is 0 Å². The number of halogens is 2. The molecule has 0 aliphatic heterocycles. The van der Waals surface area contributed by atoms with Gasteiger partial charge in [0.1, 0.15) is 24.0 Å². The molecular weight excluding hydrogens is 313 g/mol. The molecule has 3 nitrogen and oxygen atoms in total. The Bertz CT molecular complexity index is 651. The molecule has 0 heterocycles. The van der Waals surface area contributed by atoms with Crippen LogP contribution in [0, 0.1) is 5.82 Å². The molecule has 2 aromatic rings. The highest BCUT2D eigenvalue weighted by atomic mass is 35.5. The van der Waals surface area contributed by atoms with Crippen molar-refractivity contribution < 1.29 is 13.9 Å². The number of rotatable bonds is 6. The summed E-state index contributed by atoms with van der Waals surface area (Å²) in [5.74, 6) is 0.146. The van der Waals surface area contributed by atoms with Gasteiger partial charge in [-0.15, -0.1) is 0 Å². The average Bonchev–Trinajstić information content (AvgIpc) is 2.48. The number of thiocarbonyl (C=S) groups is 1. The summed E-state index contributed by atoms with van der Waals surface area (Å²) in [6, 6.07) is 11.7. The molecule has 0 amide bonds. The second kappa shape index (κ2) is 7.24. The van der Waals surface area contributed by atoms with Gasteiger partial charge in [-0.05, 0) is 24.3 Å². The first-order valence-electron chi connectivity index (χ1n) is 6.17. The molecule has 110 valence electrons. The summed E-state index contributed by atoms with van der Waals surface area (Å²) in [4.78, 5) is 0.303. The van der Waals surface area contributed by atoms with Gasteiger partial charge in [0.2, 0.25) is 0 Å². The maximum Gasteiger partial charge on any atom is 0.183 e. The van der Waals surface area contributed by atoms with Crippen molar-refractivity contribution in [2.45, 2.75) is 0 Å². The summed E-state index contributed by atoms with van der Waals surface area (Å²) in [7, 11) is 0. The fraction of sp³-hybridized carbons (Fsp3) is 0.133. The summed E-state index contributed by atoms with van der Waals surface area (Å²) < 4.78 is 24.3. The summed E-state index contributed by atoms with van der Waals surface area (Å²) in [6.45, 7) is 0.446. The number of ether oxygens (including phenoxy) is 2. The lowest BCUT2D eigenvalue weighted by molar-refractivity contribution is 0.211. The molecule has 0 unspecified atom stereocenters. The molecule has 0 saturated carbocycles. The summed E-state index contributed by atoms with van der Waals surface area (Å²) in [5, 5.41) is 0.0255. The first-order chi connectivity index (χ1) is 10.1. The molecular formula is C15H13ClFNO2S. The van der Waals surface area contributed by atoms with Crippen LogP contribution >= 0.6 is 23.8 Å². The van der Waals surface area contributed by atoms with E-state index in [1.807, 2.05) is 0 Å². The Balaban J connectivity index is 1.86. The average molecular weight is 326 g/mol. The van der Waals surface area contributed by atoms with E-state index in [1.165, 1.54) is 12.1 Å². The summed E-state index contributed by atoms with van der Waals surface area (Å²) >= 11 is 10.6. The zero-order valence-corrected chi connectivity index (χ0v) is 12.6. The highest BCUT2D eigenvalue weighted by Gasteiger charge is 2.07. The van der Waals surface area contributed by atoms with Gasteiger partial charge in [0, 0.05) is 5.56 Å². The zero-order chi connectivity index (χ0) is 15.2. The Labute approximate surface area is 132 Å². The lowest BCUT2D eigenvalue weighted by Crippen LogP contribution is -2.11. The van der Waals surface area contributed by atoms with Crippen molar-refractivity contribution in [3.8, 4) is 11.5 Å². The molecule has 21 heavy (non-hydrogen) atoms. The van der Waals surface area contributed by atoms with Crippen LogP contribution in [0.3, 0.4) is 0 Å². The van der Waals surface area contributed by atoms with Crippen LogP contribution in [0.1, 0.15) is 5.56 Å². The fourth-order valence-electron chi connectivity index (χ4n) is 1.65. The number of hydrogen-bond acceptors (Lipinski definition) is 3. The van der Waals surface area contributed by atoms with E-state index in [9.17, 15) is 4.39 Å². The SMILES string of the molecule is NC(=S)c1cccc(OCCOc2cccc(Cl)c2F)c1. The molecule has 2 N–H and O–H groups in total. The minimum atomic E-state index is -0.574. The van der Waals surface area contributed by atoms with Crippen LogP contribution in [0.4, 0.5) is 4.39 Å². The van der Waals surface area contributed by atoms with E-state index in [0.29, 0.717) is 10.7 Å². The van der Waals surface area contributed by atoms with Crippen molar-refractivity contribution in [2.24, 2.45) is 5.73 Å². The normalized spacial score (nSPS) is 10.2. The molecule has 0 spiro atoms. The van der Waals surface area contributed by atoms with E-state index in [1.54, 1.807) is 30.3 Å². The molecule has 0 bridgehead atoms. The van der Waals surface area contributed by atoms with Crippen molar-refractivity contribution in [3.63, 3.8) is 0 Å². The van der Waals surface area contributed by atoms with E-state index in [4.69, 9.17) is 39.0 Å². The lowest BCUT2D eigenvalue weighted by Gasteiger charge is -2.10. The third kappa shape index (κ3) is 4.31. The monoisotopic (exact) mass is 325 g/mol. The van der Waals surface area contributed by atoms with Gasteiger partial charge in [-0.1, -0.05) is 42.0 Å². The maximum atomic E-state index is 13.6. The van der Waals surface area contributed by atoms with Crippen molar-refractivity contribution >= 4 is 28.8 Å². The third-order valence-electron chi connectivity index (χ3n) is 2.64. The molecule has 0 aromatic heterocycles. The Kier molecular flexibility index (Phi) is 5.36. The zero-order valence-electron chi connectivity index (χ0n) is 11.0. The van der Waals surface area contributed by atoms with Crippen LogP contribution in [0.2, 0.25) is 5.02 Å². The van der Waals surface area contributed by atoms with Crippen molar-refractivity contribution in [3.05, 3.63) is 58.9 Å². The molecule has 0 fully saturated rings. The van der Waals surface area contributed by atoms with Crippen LogP contribution in [0.5, 0.6) is 11.5 Å².